The highest BCUT2D eigenvalue weighted by atomic mass is 16.5. The number of rotatable bonds is 1. The fourth-order valence-electron chi connectivity index (χ4n) is 3.45. The van der Waals surface area contributed by atoms with Gasteiger partial charge in [-0.1, -0.05) is 54.6 Å². The van der Waals surface area contributed by atoms with Crippen molar-refractivity contribution in [2.75, 3.05) is 0 Å². The highest BCUT2D eigenvalue weighted by Crippen LogP contribution is 2.35. The summed E-state index contributed by atoms with van der Waals surface area (Å²) in [6, 6.07) is 23.1. The molecule has 0 radical (unpaired) electrons. The summed E-state index contributed by atoms with van der Waals surface area (Å²) < 4.78 is 5.84. The van der Waals surface area contributed by atoms with E-state index in [4.69, 9.17) is 4.74 Å². The van der Waals surface area contributed by atoms with Crippen LogP contribution in [-0.4, -0.2) is 4.98 Å². The molecule has 2 heteroatoms. The van der Waals surface area contributed by atoms with E-state index in [1.165, 1.54) is 38.5 Å². The molecule has 3 aromatic carbocycles. The third-order valence-electron chi connectivity index (χ3n) is 4.57. The first-order valence-electron chi connectivity index (χ1n) is 7.83. The van der Waals surface area contributed by atoms with E-state index in [0.717, 1.165) is 12.2 Å². The van der Waals surface area contributed by atoms with Gasteiger partial charge in [0.25, 0.3) is 0 Å². The van der Waals surface area contributed by atoms with Gasteiger partial charge in [0.15, 0.2) is 0 Å². The van der Waals surface area contributed by atoms with Crippen LogP contribution >= 0.6 is 0 Å². The van der Waals surface area contributed by atoms with Crippen molar-refractivity contribution in [1.82, 2.24) is 4.98 Å². The van der Waals surface area contributed by atoms with Crippen molar-refractivity contribution in [3.8, 4) is 5.75 Å². The molecule has 0 atom stereocenters. The predicted molar refractivity (Wildman–Crippen MR) is 94.6 cm³/mol. The summed E-state index contributed by atoms with van der Waals surface area (Å²) in [7, 11) is 0. The molecule has 4 aromatic rings. The molecule has 23 heavy (non-hydrogen) atoms. The summed E-state index contributed by atoms with van der Waals surface area (Å²) in [5, 5.41) is 2.53. The van der Waals surface area contributed by atoms with Gasteiger partial charge in [-0.2, -0.15) is 0 Å². The van der Waals surface area contributed by atoms with Crippen LogP contribution in [-0.2, 0) is 6.42 Å². The first-order valence-corrected chi connectivity index (χ1v) is 7.83. The lowest BCUT2D eigenvalue weighted by molar-refractivity contribution is 0.469. The van der Waals surface area contributed by atoms with E-state index in [1.807, 2.05) is 18.4 Å². The van der Waals surface area contributed by atoms with E-state index < -0.39 is 0 Å². The van der Waals surface area contributed by atoms with E-state index >= 15 is 0 Å². The summed E-state index contributed by atoms with van der Waals surface area (Å²) in [6.07, 6.45) is 2.78. The van der Waals surface area contributed by atoms with Crippen LogP contribution in [0.25, 0.3) is 27.4 Å². The van der Waals surface area contributed by atoms with Crippen LogP contribution in [0.4, 0.5) is 0 Å². The Morgan fingerprint density at radius 2 is 1.61 bits per heavy atom. The molecule has 110 valence electrons. The second-order valence-corrected chi connectivity index (χ2v) is 5.94. The zero-order chi connectivity index (χ0) is 15.2. The maximum absolute atomic E-state index is 5.84. The van der Waals surface area contributed by atoms with Gasteiger partial charge in [0.2, 0.25) is 0 Å². The zero-order valence-corrected chi connectivity index (χ0v) is 12.5. The number of benzene rings is 3. The van der Waals surface area contributed by atoms with Crippen LogP contribution in [0.5, 0.6) is 5.75 Å². The fourth-order valence-corrected chi connectivity index (χ4v) is 3.45. The molecule has 0 saturated carbocycles. The van der Waals surface area contributed by atoms with Gasteiger partial charge in [-0.3, -0.25) is 0 Å². The second-order valence-electron chi connectivity index (χ2n) is 5.94. The number of hydrogen-bond acceptors (Lipinski definition) is 1. The largest absolute Gasteiger partial charge is 0.464 e. The smallest absolute Gasteiger partial charge is 0.130 e. The summed E-state index contributed by atoms with van der Waals surface area (Å²) in [6.45, 7) is 0. The van der Waals surface area contributed by atoms with Crippen molar-refractivity contribution in [1.29, 1.82) is 0 Å². The molecule has 0 spiro atoms. The molecule has 1 aliphatic rings. The first kappa shape index (κ1) is 12.5. The number of ether oxygens (including phenoxy) is 1. The molecule has 0 unspecified atom stereocenters. The minimum absolute atomic E-state index is 0.894. The third-order valence-corrected chi connectivity index (χ3v) is 4.57. The molecule has 1 N–H and O–H groups in total. The second kappa shape index (κ2) is 4.75. The van der Waals surface area contributed by atoms with E-state index in [9.17, 15) is 0 Å². The van der Waals surface area contributed by atoms with Crippen LogP contribution in [0.2, 0.25) is 0 Å². The topological polar surface area (TPSA) is 25.0 Å². The van der Waals surface area contributed by atoms with Crippen LogP contribution in [0.3, 0.4) is 0 Å². The van der Waals surface area contributed by atoms with Crippen molar-refractivity contribution < 1.29 is 4.74 Å². The molecule has 0 fully saturated rings. The highest BCUT2D eigenvalue weighted by molar-refractivity contribution is 6.10. The average Bonchev–Trinajstić information content (AvgIpc) is 3.00. The minimum Gasteiger partial charge on any atom is -0.464 e. The Bertz CT molecular complexity index is 1070. The Kier molecular flexibility index (Phi) is 2.59. The average molecular weight is 297 g/mol. The summed E-state index contributed by atoms with van der Waals surface area (Å²) in [4.78, 5) is 3.57. The van der Waals surface area contributed by atoms with Gasteiger partial charge < -0.3 is 9.72 Å². The van der Waals surface area contributed by atoms with Gasteiger partial charge in [0.05, 0.1) is 11.8 Å². The number of allylic oxidation sites excluding steroid dienone is 1. The number of nitrogens with one attached hydrogen (secondary N) is 1. The van der Waals surface area contributed by atoms with E-state index in [1.54, 1.807) is 0 Å². The molecule has 0 amide bonds. The Morgan fingerprint density at radius 1 is 0.783 bits per heavy atom. The molecule has 2 heterocycles. The maximum Gasteiger partial charge on any atom is 0.130 e. The molecular weight excluding hydrogens is 282 g/mol. The van der Waals surface area contributed by atoms with Gasteiger partial charge in [0, 0.05) is 33.8 Å². The van der Waals surface area contributed by atoms with Crippen molar-refractivity contribution in [3.63, 3.8) is 0 Å². The Hall–Kier alpha value is -3.00. The van der Waals surface area contributed by atoms with Gasteiger partial charge >= 0.3 is 0 Å². The van der Waals surface area contributed by atoms with Gasteiger partial charge in [-0.25, -0.2) is 0 Å². The van der Waals surface area contributed by atoms with Gasteiger partial charge in [0.1, 0.15) is 5.75 Å². The number of para-hydroxylation sites is 3. The first-order chi connectivity index (χ1) is 11.4. The Morgan fingerprint density at radius 3 is 2.61 bits per heavy atom. The summed E-state index contributed by atoms with van der Waals surface area (Å²) >= 11 is 0. The van der Waals surface area contributed by atoms with Crippen molar-refractivity contribution in [2.24, 2.45) is 0 Å². The third kappa shape index (κ3) is 1.88. The Balaban J connectivity index is 1.71. The zero-order valence-electron chi connectivity index (χ0n) is 12.5. The predicted octanol–water partition coefficient (Wildman–Crippen LogP) is 5.30. The van der Waals surface area contributed by atoms with Gasteiger partial charge in [-0.15, -0.1) is 0 Å². The van der Waals surface area contributed by atoms with E-state index in [2.05, 4.69) is 59.6 Å². The summed E-state index contributed by atoms with van der Waals surface area (Å²) in [5.74, 6) is 0.958. The highest BCUT2D eigenvalue weighted by Gasteiger charge is 2.16. The SMILES string of the molecule is C1=C(c2cccc3c2[nH]c2ccccc23)Cc2ccccc2O1. The monoisotopic (exact) mass is 297 g/mol. The number of aromatic nitrogens is 1. The molecule has 1 aromatic heterocycles. The molecule has 0 bridgehead atoms. The standard InChI is InChI=1S/C21H15NO/c1-4-11-20-14(6-1)12-15(13-23-20)16-8-5-9-18-17-7-2-3-10-19(17)22-21(16)18/h1-11,13,22H,12H2. The number of fused-ring (bicyclic) bond motifs is 4. The molecule has 0 aliphatic carbocycles. The van der Waals surface area contributed by atoms with Crippen molar-refractivity contribution >= 4 is 27.4 Å². The number of hydrogen-bond donors (Lipinski definition) is 1. The van der Waals surface area contributed by atoms with Crippen molar-refractivity contribution in [3.05, 3.63) is 84.1 Å². The van der Waals surface area contributed by atoms with E-state index in [-0.39, 0.29) is 0 Å². The lowest BCUT2D eigenvalue weighted by atomic mass is 9.95. The molecule has 5 rings (SSSR count). The lowest BCUT2D eigenvalue weighted by Gasteiger charge is -2.17. The minimum atomic E-state index is 0.894. The van der Waals surface area contributed by atoms with Crippen LogP contribution in [0.15, 0.2) is 73.0 Å². The molecule has 2 nitrogen and oxygen atoms in total. The normalized spacial score (nSPS) is 13.7. The number of H-pyrrole nitrogens is 1. The fraction of sp³-hybridized carbons (Fsp3) is 0.0476. The lowest BCUT2D eigenvalue weighted by Crippen LogP contribution is -2.02. The van der Waals surface area contributed by atoms with E-state index in [0.29, 0.717) is 0 Å². The molecular formula is C21H15NO. The quantitative estimate of drug-likeness (QED) is 0.507. The Labute approximate surface area is 134 Å². The van der Waals surface area contributed by atoms with Crippen molar-refractivity contribution in [2.45, 2.75) is 6.42 Å². The van der Waals surface area contributed by atoms with Crippen LogP contribution in [0.1, 0.15) is 11.1 Å². The molecule has 0 saturated heterocycles. The van der Waals surface area contributed by atoms with Crippen LogP contribution in [0, 0.1) is 0 Å². The summed E-state index contributed by atoms with van der Waals surface area (Å²) in [5.41, 5.74) is 6.02. The van der Waals surface area contributed by atoms with Gasteiger partial charge in [-0.05, 0) is 17.7 Å². The van der Waals surface area contributed by atoms with Crippen LogP contribution < -0.4 is 4.74 Å². The molecule has 1 aliphatic heterocycles. The number of aromatic amines is 1. The maximum atomic E-state index is 5.84.